The first-order chi connectivity index (χ1) is 8.50. The molecule has 0 N–H and O–H groups in total. The lowest BCUT2D eigenvalue weighted by molar-refractivity contribution is -0.137. The zero-order valence-electron chi connectivity index (χ0n) is 9.41. The van der Waals surface area contributed by atoms with Gasteiger partial charge in [0.2, 0.25) is 0 Å². The van der Waals surface area contributed by atoms with Crippen molar-refractivity contribution in [2.75, 3.05) is 0 Å². The van der Waals surface area contributed by atoms with Crippen LogP contribution in [0.25, 0.3) is 17.3 Å². The van der Waals surface area contributed by atoms with Crippen LogP contribution in [0.15, 0.2) is 49.0 Å². The minimum absolute atomic E-state index is 0.626. The summed E-state index contributed by atoms with van der Waals surface area (Å²) in [5, 5.41) is 0. The van der Waals surface area contributed by atoms with Crippen LogP contribution in [0, 0.1) is 0 Å². The highest BCUT2D eigenvalue weighted by Gasteiger charge is 2.29. The van der Waals surface area contributed by atoms with Crippen LogP contribution in [0.3, 0.4) is 0 Å². The summed E-state index contributed by atoms with van der Waals surface area (Å²) in [5.74, 6) is 0. The smallest absolute Gasteiger partial charge is 0.248 e. The van der Waals surface area contributed by atoms with Crippen LogP contribution < -0.4 is 0 Å². The molecular weight excluding hydrogens is 239 g/mol. The fraction of sp³-hybridized carbons (Fsp3) is 0.0714. The van der Waals surface area contributed by atoms with Crippen molar-refractivity contribution in [1.29, 1.82) is 0 Å². The summed E-state index contributed by atoms with van der Waals surface area (Å²) in [5.41, 5.74) is 1.30. The Morgan fingerprint density at radius 3 is 2.22 bits per heavy atom. The van der Waals surface area contributed by atoms with Crippen molar-refractivity contribution in [2.24, 2.45) is 0 Å². The lowest BCUT2D eigenvalue weighted by atomic mass is 10.1. The Morgan fingerprint density at radius 2 is 1.67 bits per heavy atom. The molecule has 18 heavy (non-hydrogen) atoms. The fourth-order valence-corrected chi connectivity index (χ4v) is 1.56. The van der Waals surface area contributed by atoms with E-state index in [1.54, 1.807) is 24.3 Å². The first kappa shape index (κ1) is 12.4. The van der Waals surface area contributed by atoms with Gasteiger partial charge in [-0.2, -0.15) is 13.2 Å². The van der Waals surface area contributed by atoms with E-state index in [1.807, 2.05) is 0 Å². The number of hydrogen-bond donors (Lipinski definition) is 0. The molecule has 1 nitrogen and oxygen atoms in total. The van der Waals surface area contributed by atoms with E-state index in [-0.39, 0.29) is 0 Å². The van der Waals surface area contributed by atoms with Gasteiger partial charge in [-0.05, 0) is 30.3 Å². The number of benzene rings is 1. The molecule has 0 radical (unpaired) electrons. The molecule has 0 amide bonds. The van der Waals surface area contributed by atoms with E-state index in [4.69, 9.17) is 0 Å². The van der Waals surface area contributed by atoms with Gasteiger partial charge < -0.3 is 0 Å². The van der Waals surface area contributed by atoms with Crippen molar-refractivity contribution < 1.29 is 13.2 Å². The fourth-order valence-electron chi connectivity index (χ4n) is 1.56. The van der Waals surface area contributed by atoms with Gasteiger partial charge in [-0.15, -0.1) is 0 Å². The SMILES string of the molecule is C=Cc1cccc(-c2ccc(C(F)(F)F)cc2)n1. The van der Waals surface area contributed by atoms with E-state index in [2.05, 4.69) is 11.6 Å². The topological polar surface area (TPSA) is 12.9 Å². The molecule has 0 saturated carbocycles. The Kier molecular flexibility index (Phi) is 3.19. The molecule has 0 saturated heterocycles. The van der Waals surface area contributed by atoms with Crippen LogP contribution in [-0.2, 0) is 6.18 Å². The van der Waals surface area contributed by atoms with Crippen LogP contribution in [0.2, 0.25) is 0 Å². The van der Waals surface area contributed by atoms with Gasteiger partial charge in [0.15, 0.2) is 0 Å². The van der Waals surface area contributed by atoms with Crippen molar-refractivity contribution in [1.82, 2.24) is 4.98 Å². The summed E-state index contributed by atoms with van der Waals surface area (Å²) in [6.07, 6.45) is -2.72. The maximum absolute atomic E-state index is 12.4. The van der Waals surface area contributed by atoms with E-state index in [9.17, 15) is 13.2 Å². The van der Waals surface area contributed by atoms with Gasteiger partial charge in [0.05, 0.1) is 17.0 Å². The molecule has 0 bridgehead atoms. The Hall–Kier alpha value is -2.10. The maximum atomic E-state index is 12.4. The third kappa shape index (κ3) is 2.59. The van der Waals surface area contributed by atoms with Crippen LogP contribution >= 0.6 is 0 Å². The summed E-state index contributed by atoms with van der Waals surface area (Å²) in [4.78, 5) is 4.25. The summed E-state index contributed by atoms with van der Waals surface area (Å²) in [6, 6.07) is 10.2. The molecule has 0 aliphatic rings. The highest BCUT2D eigenvalue weighted by Crippen LogP contribution is 2.30. The molecule has 1 aromatic heterocycles. The first-order valence-electron chi connectivity index (χ1n) is 5.28. The highest BCUT2D eigenvalue weighted by atomic mass is 19.4. The van der Waals surface area contributed by atoms with Gasteiger partial charge in [-0.3, -0.25) is 0 Å². The molecule has 0 spiro atoms. The monoisotopic (exact) mass is 249 g/mol. The molecule has 2 aromatic rings. The van der Waals surface area contributed by atoms with Crippen LogP contribution in [0.4, 0.5) is 13.2 Å². The van der Waals surface area contributed by atoms with Gasteiger partial charge in [0.25, 0.3) is 0 Å². The largest absolute Gasteiger partial charge is 0.416 e. The van der Waals surface area contributed by atoms with E-state index < -0.39 is 11.7 Å². The van der Waals surface area contributed by atoms with Crippen LogP contribution in [0.1, 0.15) is 11.3 Å². The third-order valence-electron chi connectivity index (χ3n) is 2.49. The molecule has 0 fully saturated rings. The standard InChI is InChI=1S/C14H10F3N/c1-2-12-4-3-5-13(18-12)10-6-8-11(9-7-10)14(15,16)17/h2-9H,1H2. The lowest BCUT2D eigenvalue weighted by Crippen LogP contribution is -2.04. The number of halogens is 3. The molecule has 0 atom stereocenters. The summed E-state index contributed by atoms with van der Waals surface area (Å²) in [7, 11) is 0. The number of alkyl halides is 3. The van der Waals surface area contributed by atoms with Crippen LogP contribution in [0.5, 0.6) is 0 Å². The first-order valence-corrected chi connectivity index (χ1v) is 5.28. The van der Waals surface area contributed by atoms with E-state index in [0.29, 0.717) is 17.0 Å². The Bertz CT molecular complexity index is 556. The second-order valence-electron chi connectivity index (χ2n) is 3.73. The third-order valence-corrected chi connectivity index (χ3v) is 2.49. The molecule has 0 aliphatic heterocycles. The van der Waals surface area contributed by atoms with Gasteiger partial charge in [0, 0.05) is 5.56 Å². The molecular formula is C14H10F3N. The number of hydrogen-bond acceptors (Lipinski definition) is 1. The minimum atomic E-state index is -4.31. The van der Waals surface area contributed by atoms with Gasteiger partial charge >= 0.3 is 6.18 Å². The minimum Gasteiger partial charge on any atom is -0.248 e. The van der Waals surface area contributed by atoms with Gasteiger partial charge in [-0.25, -0.2) is 4.98 Å². The molecule has 4 heteroatoms. The maximum Gasteiger partial charge on any atom is 0.416 e. The Morgan fingerprint density at radius 1 is 1.00 bits per heavy atom. The lowest BCUT2D eigenvalue weighted by Gasteiger charge is -2.07. The molecule has 1 aromatic carbocycles. The number of rotatable bonds is 2. The van der Waals surface area contributed by atoms with Crippen molar-refractivity contribution in [2.45, 2.75) is 6.18 Å². The number of aromatic nitrogens is 1. The van der Waals surface area contributed by atoms with Crippen molar-refractivity contribution in [3.05, 3.63) is 60.3 Å². The summed E-state index contributed by atoms with van der Waals surface area (Å²) < 4.78 is 37.2. The van der Waals surface area contributed by atoms with Crippen molar-refractivity contribution >= 4 is 6.08 Å². The molecule has 0 unspecified atom stereocenters. The molecule has 0 aliphatic carbocycles. The molecule has 2 rings (SSSR count). The summed E-state index contributed by atoms with van der Waals surface area (Å²) >= 11 is 0. The normalized spacial score (nSPS) is 11.3. The average molecular weight is 249 g/mol. The molecule has 1 heterocycles. The Balaban J connectivity index is 2.37. The predicted octanol–water partition coefficient (Wildman–Crippen LogP) is 4.41. The number of nitrogens with zero attached hydrogens (tertiary/aromatic N) is 1. The quantitative estimate of drug-likeness (QED) is 0.768. The summed E-state index contributed by atoms with van der Waals surface area (Å²) in [6.45, 7) is 3.60. The van der Waals surface area contributed by atoms with Crippen molar-refractivity contribution in [3.8, 4) is 11.3 Å². The second-order valence-corrected chi connectivity index (χ2v) is 3.73. The van der Waals surface area contributed by atoms with Crippen molar-refractivity contribution in [3.63, 3.8) is 0 Å². The van der Waals surface area contributed by atoms with E-state index in [1.165, 1.54) is 12.1 Å². The van der Waals surface area contributed by atoms with Gasteiger partial charge in [0.1, 0.15) is 0 Å². The van der Waals surface area contributed by atoms with E-state index in [0.717, 1.165) is 12.1 Å². The zero-order valence-corrected chi connectivity index (χ0v) is 9.41. The average Bonchev–Trinajstić information content (AvgIpc) is 2.38. The van der Waals surface area contributed by atoms with Crippen LogP contribution in [-0.4, -0.2) is 4.98 Å². The predicted molar refractivity (Wildman–Crippen MR) is 64.8 cm³/mol. The van der Waals surface area contributed by atoms with E-state index >= 15 is 0 Å². The molecule has 92 valence electrons. The number of pyridine rings is 1. The van der Waals surface area contributed by atoms with Gasteiger partial charge in [-0.1, -0.05) is 24.8 Å². The zero-order chi connectivity index (χ0) is 13.2. The Labute approximate surface area is 103 Å². The highest BCUT2D eigenvalue weighted by molar-refractivity contribution is 5.61. The second kappa shape index (κ2) is 4.64.